The van der Waals surface area contributed by atoms with Gasteiger partial charge in [-0.3, -0.25) is 0 Å². The van der Waals surface area contributed by atoms with E-state index in [2.05, 4.69) is 13.0 Å². The number of hydrogen-bond acceptors (Lipinski definition) is 1. The van der Waals surface area contributed by atoms with Crippen molar-refractivity contribution < 1.29 is 5.11 Å². The minimum atomic E-state index is -0.341. The highest BCUT2D eigenvalue weighted by Crippen LogP contribution is 2.34. The van der Waals surface area contributed by atoms with Gasteiger partial charge in [0.15, 0.2) is 0 Å². The van der Waals surface area contributed by atoms with Crippen molar-refractivity contribution in [1.82, 2.24) is 0 Å². The van der Waals surface area contributed by atoms with E-state index in [1.807, 2.05) is 18.2 Å². The van der Waals surface area contributed by atoms with E-state index < -0.39 is 0 Å². The standard InChI is InChI=1S/C10H11O/c1-7-6-8-4-2-3-5-9(8)10(7)11/h2-5,7,10-11H,1,6H2. The van der Waals surface area contributed by atoms with E-state index in [9.17, 15) is 5.11 Å². The quantitative estimate of drug-likeness (QED) is 0.592. The maximum atomic E-state index is 9.59. The van der Waals surface area contributed by atoms with Crippen LogP contribution in [0.15, 0.2) is 24.3 Å². The first-order valence-electron chi connectivity index (χ1n) is 3.88. The maximum absolute atomic E-state index is 9.59. The zero-order valence-corrected chi connectivity index (χ0v) is 6.33. The summed E-state index contributed by atoms with van der Waals surface area (Å²) in [6.45, 7) is 3.88. The second-order valence-electron chi connectivity index (χ2n) is 3.11. The molecule has 1 N–H and O–H groups in total. The van der Waals surface area contributed by atoms with E-state index >= 15 is 0 Å². The van der Waals surface area contributed by atoms with Gasteiger partial charge in [-0.1, -0.05) is 24.3 Å². The lowest BCUT2D eigenvalue weighted by atomic mass is 10.1. The minimum Gasteiger partial charge on any atom is -0.388 e. The summed E-state index contributed by atoms with van der Waals surface area (Å²) in [4.78, 5) is 0. The molecule has 1 nitrogen and oxygen atoms in total. The molecule has 2 atom stereocenters. The normalized spacial score (nSPS) is 28.5. The van der Waals surface area contributed by atoms with Gasteiger partial charge in [-0.05, 0) is 30.4 Å². The van der Waals surface area contributed by atoms with Gasteiger partial charge in [0, 0.05) is 0 Å². The number of rotatable bonds is 0. The lowest BCUT2D eigenvalue weighted by molar-refractivity contribution is 0.144. The Bertz CT molecular complexity index is 267. The topological polar surface area (TPSA) is 20.2 Å². The van der Waals surface area contributed by atoms with Crippen LogP contribution in [0.4, 0.5) is 0 Å². The smallest absolute Gasteiger partial charge is 0.0824 e. The predicted molar refractivity (Wildman–Crippen MR) is 44.0 cm³/mol. The number of aliphatic hydroxyl groups excluding tert-OH is 1. The Labute approximate surface area is 66.7 Å². The predicted octanol–water partition coefficient (Wildman–Crippen LogP) is 1.73. The van der Waals surface area contributed by atoms with Crippen LogP contribution < -0.4 is 0 Å². The Hall–Kier alpha value is -0.820. The molecule has 0 aromatic heterocycles. The van der Waals surface area contributed by atoms with Gasteiger partial charge in [-0.15, -0.1) is 0 Å². The van der Waals surface area contributed by atoms with Crippen LogP contribution in [0.1, 0.15) is 17.2 Å². The van der Waals surface area contributed by atoms with E-state index in [1.165, 1.54) is 5.56 Å². The number of fused-ring (bicyclic) bond motifs is 1. The Morgan fingerprint density at radius 1 is 1.36 bits per heavy atom. The van der Waals surface area contributed by atoms with E-state index in [0.717, 1.165) is 12.0 Å². The SMILES string of the molecule is [CH2]C1Cc2ccccc2C1O. The molecule has 2 unspecified atom stereocenters. The summed E-state index contributed by atoms with van der Waals surface area (Å²) < 4.78 is 0. The molecule has 1 heteroatoms. The molecule has 0 fully saturated rings. The van der Waals surface area contributed by atoms with Gasteiger partial charge in [0.25, 0.3) is 0 Å². The van der Waals surface area contributed by atoms with Crippen LogP contribution in [-0.4, -0.2) is 5.11 Å². The summed E-state index contributed by atoms with van der Waals surface area (Å²) in [5.41, 5.74) is 2.31. The summed E-state index contributed by atoms with van der Waals surface area (Å²) in [6.07, 6.45) is 0.573. The second kappa shape index (κ2) is 2.35. The van der Waals surface area contributed by atoms with Crippen molar-refractivity contribution in [2.24, 2.45) is 5.92 Å². The molecule has 0 bridgehead atoms. The molecule has 0 spiro atoms. The van der Waals surface area contributed by atoms with Gasteiger partial charge in [-0.2, -0.15) is 0 Å². The second-order valence-corrected chi connectivity index (χ2v) is 3.11. The highest BCUT2D eigenvalue weighted by Gasteiger charge is 2.26. The van der Waals surface area contributed by atoms with Gasteiger partial charge >= 0.3 is 0 Å². The van der Waals surface area contributed by atoms with Gasteiger partial charge in [0.1, 0.15) is 0 Å². The average Bonchev–Trinajstić information content (AvgIpc) is 2.30. The number of aliphatic hydroxyl groups is 1. The molecule has 0 saturated heterocycles. The van der Waals surface area contributed by atoms with Crippen molar-refractivity contribution in [3.8, 4) is 0 Å². The molecule has 11 heavy (non-hydrogen) atoms. The molecule has 0 aliphatic heterocycles. The summed E-state index contributed by atoms with van der Waals surface area (Å²) in [5, 5.41) is 9.59. The van der Waals surface area contributed by atoms with Crippen LogP contribution in [0, 0.1) is 12.8 Å². The Balaban J connectivity index is 2.47. The summed E-state index contributed by atoms with van der Waals surface area (Å²) >= 11 is 0. The highest BCUT2D eigenvalue weighted by atomic mass is 16.3. The Morgan fingerprint density at radius 2 is 2.09 bits per heavy atom. The third-order valence-electron chi connectivity index (χ3n) is 2.30. The molecule has 0 saturated carbocycles. The van der Waals surface area contributed by atoms with Gasteiger partial charge in [-0.25, -0.2) is 0 Å². The minimum absolute atomic E-state index is 0.146. The fraction of sp³-hybridized carbons (Fsp3) is 0.300. The lowest BCUT2D eigenvalue weighted by Crippen LogP contribution is -2.01. The first kappa shape index (κ1) is 6.86. The summed E-state index contributed by atoms with van der Waals surface area (Å²) in [5.74, 6) is 0.146. The number of hydrogen-bond donors (Lipinski definition) is 1. The fourth-order valence-corrected chi connectivity index (χ4v) is 1.66. The van der Waals surface area contributed by atoms with Crippen LogP contribution in [0.3, 0.4) is 0 Å². The van der Waals surface area contributed by atoms with Crippen molar-refractivity contribution in [3.05, 3.63) is 42.3 Å². The molecule has 1 aromatic rings. The van der Waals surface area contributed by atoms with Crippen LogP contribution in [0.2, 0.25) is 0 Å². The molecule has 1 aromatic carbocycles. The van der Waals surface area contributed by atoms with Crippen molar-refractivity contribution in [2.45, 2.75) is 12.5 Å². The first-order chi connectivity index (χ1) is 5.29. The van der Waals surface area contributed by atoms with Gasteiger partial charge in [0.2, 0.25) is 0 Å². The zero-order chi connectivity index (χ0) is 7.84. The van der Waals surface area contributed by atoms with Crippen molar-refractivity contribution >= 4 is 0 Å². The van der Waals surface area contributed by atoms with Crippen molar-refractivity contribution in [3.63, 3.8) is 0 Å². The van der Waals surface area contributed by atoms with Gasteiger partial charge in [0.05, 0.1) is 6.10 Å². The van der Waals surface area contributed by atoms with E-state index in [1.54, 1.807) is 0 Å². The molecular formula is C10H11O. The first-order valence-corrected chi connectivity index (χ1v) is 3.88. The molecular weight excluding hydrogens is 136 g/mol. The van der Waals surface area contributed by atoms with Crippen molar-refractivity contribution in [1.29, 1.82) is 0 Å². The number of benzene rings is 1. The van der Waals surface area contributed by atoms with Crippen LogP contribution in [0.25, 0.3) is 0 Å². The van der Waals surface area contributed by atoms with Crippen LogP contribution in [0.5, 0.6) is 0 Å². The average molecular weight is 147 g/mol. The molecule has 0 heterocycles. The molecule has 0 amide bonds. The summed E-state index contributed by atoms with van der Waals surface area (Å²) in [6, 6.07) is 8.00. The highest BCUT2D eigenvalue weighted by molar-refractivity contribution is 5.34. The summed E-state index contributed by atoms with van der Waals surface area (Å²) in [7, 11) is 0. The van der Waals surface area contributed by atoms with E-state index in [-0.39, 0.29) is 12.0 Å². The molecule has 1 aliphatic rings. The Kier molecular flexibility index (Phi) is 1.46. The molecule has 1 aliphatic carbocycles. The third kappa shape index (κ3) is 0.962. The zero-order valence-electron chi connectivity index (χ0n) is 6.33. The fourth-order valence-electron chi connectivity index (χ4n) is 1.66. The lowest BCUT2D eigenvalue weighted by Gasteiger charge is -2.07. The molecule has 57 valence electrons. The van der Waals surface area contributed by atoms with Crippen LogP contribution in [-0.2, 0) is 6.42 Å². The van der Waals surface area contributed by atoms with Gasteiger partial charge < -0.3 is 5.11 Å². The van der Waals surface area contributed by atoms with Crippen molar-refractivity contribution in [2.75, 3.05) is 0 Å². The monoisotopic (exact) mass is 147 g/mol. The maximum Gasteiger partial charge on any atom is 0.0824 e. The van der Waals surface area contributed by atoms with E-state index in [0.29, 0.717) is 0 Å². The molecule has 2 rings (SSSR count). The third-order valence-corrected chi connectivity index (χ3v) is 2.30. The largest absolute Gasteiger partial charge is 0.388 e. The molecule has 1 radical (unpaired) electrons. The Morgan fingerprint density at radius 3 is 2.82 bits per heavy atom. The van der Waals surface area contributed by atoms with Crippen LogP contribution >= 0.6 is 0 Å². The van der Waals surface area contributed by atoms with E-state index in [4.69, 9.17) is 0 Å².